The van der Waals surface area contributed by atoms with Crippen molar-refractivity contribution < 1.29 is 4.74 Å². The molecule has 3 heterocycles. The molecule has 9 heteroatoms. The molecule has 3 rings (SSSR count). The molecule has 2 atom stereocenters. The molecule has 2 aromatic heterocycles. The Balaban J connectivity index is 0.00000280. The number of nitrogens with one attached hydrogen (secondary N) is 1. The van der Waals surface area contributed by atoms with Crippen molar-refractivity contribution in [3.63, 3.8) is 0 Å². The van der Waals surface area contributed by atoms with Gasteiger partial charge in [-0.3, -0.25) is 14.4 Å². The molecule has 0 amide bonds. The molecule has 0 saturated carbocycles. The van der Waals surface area contributed by atoms with Gasteiger partial charge in [0.15, 0.2) is 5.96 Å². The van der Waals surface area contributed by atoms with Crippen LogP contribution in [-0.4, -0.2) is 63.7 Å². The van der Waals surface area contributed by atoms with Gasteiger partial charge in [-0.05, 0) is 25.8 Å². The minimum atomic E-state index is 0. The van der Waals surface area contributed by atoms with E-state index in [4.69, 9.17) is 4.74 Å². The number of hydrogen-bond donors (Lipinski definition) is 1. The average molecular weight is 501 g/mol. The Hall–Kier alpha value is -1.62. The second-order valence-electron chi connectivity index (χ2n) is 7.40. The Morgan fingerprint density at radius 2 is 2.21 bits per heavy atom. The number of rotatable bonds is 5. The Morgan fingerprint density at radius 3 is 2.82 bits per heavy atom. The van der Waals surface area contributed by atoms with Crippen LogP contribution in [0.5, 0.6) is 0 Å². The van der Waals surface area contributed by atoms with E-state index in [-0.39, 0.29) is 30.1 Å². The average Bonchev–Trinajstić information content (AvgIpc) is 3.21. The summed E-state index contributed by atoms with van der Waals surface area (Å²) >= 11 is 0. The second kappa shape index (κ2) is 10.2. The maximum Gasteiger partial charge on any atom is 0.193 e. The lowest BCUT2D eigenvalue weighted by molar-refractivity contribution is -0.00808. The molecule has 156 valence electrons. The molecule has 0 spiro atoms. The molecule has 1 fully saturated rings. The van der Waals surface area contributed by atoms with Gasteiger partial charge in [0, 0.05) is 51.2 Å². The quantitative estimate of drug-likeness (QED) is 0.386. The zero-order valence-electron chi connectivity index (χ0n) is 17.4. The molecule has 0 bridgehead atoms. The third-order valence-electron chi connectivity index (χ3n) is 4.87. The van der Waals surface area contributed by atoms with Gasteiger partial charge >= 0.3 is 0 Å². The number of nitrogens with zero attached hydrogens (tertiary/aromatic N) is 6. The SMILES string of the molecule is CN=C(NCC(C)Cn1nc(C)cc1C)N1CCOC(c2cnn(C)c2)C1.I. The number of guanidine groups is 1. The Morgan fingerprint density at radius 1 is 1.43 bits per heavy atom. The number of aromatic nitrogens is 4. The van der Waals surface area contributed by atoms with E-state index in [9.17, 15) is 0 Å². The summed E-state index contributed by atoms with van der Waals surface area (Å²) in [6.45, 7) is 10.4. The van der Waals surface area contributed by atoms with E-state index in [1.54, 1.807) is 0 Å². The Labute approximate surface area is 184 Å². The molecule has 0 aliphatic carbocycles. The van der Waals surface area contributed by atoms with Crippen LogP contribution in [0.4, 0.5) is 0 Å². The van der Waals surface area contributed by atoms with Crippen LogP contribution in [0.1, 0.15) is 30.0 Å². The van der Waals surface area contributed by atoms with Crippen molar-refractivity contribution in [1.82, 2.24) is 29.8 Å². The topological polar surface area (TPSA) is 72.5 Å². The predicted molar refractivity (Wildman–Crippen MR) is 121 cm³/mol. The number of hydrogen-bond acceptors (Lipinski definition) is 4. The first-order chi connectivity index (χ1) is 13.0. The predicted octanol–water partition coefficient (Wildman–Crippen LogP) is 2.14. The molecule has 8 nitrogen and oxygen atoms in total. The first kappa shape index (κ1) is 22.7. The minimum Gasteiger partial charge on any atom is -0.370 e. The third kappa shape index (κ3) is 5.69. The molecule has 0 radical (unpaired) electrons. The van der Waals surface area contributed by atoms with Crippen molar-refractivity contribution in [3.8, 4) is 0 Å². The highest BCUT2D eigenvalue weighted by Crippen LogP contribution is 2.21. The first-order valence-corrected chi connectivity index (χ1v) is 9.53. The smallest absolute Gasteiger partial charge is 0.193 e. The fourth-order valence-corrected chi connectivity index (χ4v) is 3.47. The molecule has 28 heavy (non-hydrogen) atoms. The summed E-state index contributed by atoms with van der Waals surface area (Å²) in [5, 5.41) is 12.3. The first-order valence-electron chi connectivity index (χ1n) is 9.53. The molecule has 0 aromatic carbocycles. The van der Waals surface area contributed by atoms with Crippen molar-refractivity contribution in [2.75, 3.05) is 33.3 Å². The van der Waals surface area contributed by atoms with Crippen molar-refractivity contribution in [2.45, 2.75) is 33.4 Å². The maximum atomic E-state index is 5.93. The molecule has 1 N–H and O–H groups in total. The minimum absolute atomic E-state index is 0. The molecular formula is C19H32IN7O. The van der Waals surface area contributed by atoms with Crippen LogP contribution in [0.2, 0.25) is 0 Å². The highest BCUT2D eigenvalue weighted by molar-refractivity contribution is 14.0. The van der Waals surface area contributed by atoms with E-state index in [1.165, 1.54) is 5.69 Å². The van der Waals surface area contributed by atoms with Crippen molar-refractivity contribution >= 4 is 29.9 Å². The van der Waals surface area contributed by atoms with Crippen molar-refractivity contribution in [2.24, 2.45) is 18.0 Å². The summed E-state index contributed by atoms with van der Waals surface area (Å²) in [7, 11) is 3.76. The molecular weight excluding hydrogens is 469 g/mol. The number of aliphatic imine (C=N–C) groups is 1. The van der Waals surface area contributed by atoms with E-state index in [0.29, 0.717) is 12.5 Å². The van der Waals surface area contributed by atoms with Gasteiger partial charge in [-0.2, -0.15) is 10.2 Å². The van der Waals surface area contributed by atoms with E-state index in [0.717, 1.165) is 43.4 Å². The van der Waals surface area contributed by atoms with Crippen LogP contribution in [0, 0.1) is 19.8 Å². The fraction of sp³-hybridized carbons (Fsp3) is 0.632. The van der Waals surface area contributed by atoms with Crippen LogP contribution >= 0.6 is 24.0 Å². The second-order valence-corrected chi connectivity index (χ2v) is 7.40. The zero-order valence-corrected chi connectivity index (χ0v) is 19.8. The van der Waals surface area contributed by atoms with Crippen LogP contribution < -0.4 is 5.32 Å². The van der Waals surface area contributed by atoms with Crippen LogP contribution in [0.15, 0.2) is 23.5 Å². The summed E-state index contributed by atoms with van der Waals surface area (Å²) in [6.07, 6.45) is 3.92. The Kier molecular flexibility index (Phi) is 8.29. The van der Waals surface area contributed by atoms with E-state index >= 15 is 0 Å². The van der Waals surface area contributed by atoms with Gasteiger partial charge in [-0.15, -0.1) is 24.0 Å². The number of morpholine rings is 1. The number of ether oxygens (including phenoxy) is 1. The molecule has 1 aliphatic rings. The summed E-state index contributed by atoms with van der Waals surface area (Å²) in [4.78, 5) is 6.74. The van der Waals surface area contributed by atoms with Gasteiger partial charge in [0.2, 0.25) is 0 Å². The van der Waals surface area contributed by atoms with Gasteiger partial charge in [0.05, 0.1) is 25.0 Å². The van der Waals surface area contributed by atoms with Crippen LogP contribution in [0.25, 0.3) is 0 Å². The van der Waals surface area contributed by atoms with E-state index < -0.39 is 0 Å². The van der Waals surface area contributed by atoms with E-state index in [1.807, 2.05) is 38.1 Å². The number of halogens is 1. The van der Waals surface area contributed by atoms with Gasteiger partial charge < -0.3 is 15.0 Å². The molecule has 1 saturated heterocycles. The summed E-state index contributed by atoms with van der Waals surface area (Å²) in [5.41, 5.74) is 3.38. The monoisotopic (exact) mass is 501 g/mol. The maximum absolute atomic E-state index is 5.93. The third-order valence-corrected chi connectivity index (χ3v) is 4.87. The van der Waals surface area contributed by atoms with Crippen LogP contribution in [0.3, 0.4) is 0 Å². The van der Waals surface area contributed by atoms with Crippen LogP contribution in [-0.2, 0) is 18.3 Å². The molecule has 1 aliphatic heterocycles. The number of aryl methyl sites for hydroxylation is 3. The fourth-order valence-electron chi connectivity index (χ4n) is 3.47. The summed E-state index contributed by atoms with van der Waals surface area (Å²) in [6, 6.07) is 2.12. The lowest BCUT2D eigenvalue weighted by atomic mass is 10.1. The van der Waals surface area contributed by atoms with Crippen molar-refractivity contribution in [1.29, 1.82) is 0 Å². The van der Waals surface area contributed by atoms with Gasteiger partial charge in [0.25, 0.3) is 0 Å². The summed E-state index contributed by atoms with van der Waals surface area (Å²) < 4.78 is 9.82. The highest BCUT2D eigenvalue weighted by Gasteiger charge is 2.25. The van der Waals surface area contributed by atoms with E-state index in [2.05, 4.69) is 50.0 Å². The lowest BCUT2D eigenvalue weighted by Gasteiger charge is -2.35. The Bertz CT molecular complexity index is 785. The summed E-state index contributed by atoms with van der Waals surface area (Å²) in [5.74, 6) is 1.36. The standard InChI is InChI=1S/C19H31N7O.HI/c1-14(11-26-16(3)8-15(2)23-26)9-21-19(20-4)25-6-7-27-18(13-25)17-10-22-24(5)12-17;/h8,10,12,14,18H,6-7,9,11,13H2,1-5H3,(H,20,21);1H. The van der Waals surface area contributed by atoms with Gasteiger partial charge in [-0.25, -0.2) is 0 Å². The zero-order chi connectivity index (χ0) is 19.4. The highest BCUT2D eigenvalue weighted by atomic mass is 127. The van der Waals surface area contributed by atoms with Gasteiger partial charge in [0.1, 0.15) is 6.10 Å². The molecule has 2 unspecified atom stereocenters. The lowest BCUT2D eigenvalue weighted by Crippen LogP contribution is -2.49. The normalized spacial score (nSPS) is 18.7. The van der Waals surface area contributed by atoms with Crippen molar-refractivity contribution in [3.05, 3.63) is 35.4 Å². The molecule has 2 aromatic rings. The largest absolute Gasteiger partial charge is 0.370 e. The van der Waals surface area contributed by atoms with Gasteiger partial charge in [-0.1, -0.05) is 6.92 Å².